The quantitative estimate of drug-likeness (QED) is 0.653. The lowest BCUT2D eigenvalue weighted by atomic mass is 9.91. The Balaban J connectivity index is 1.61. The maximum Gasteiger partial charge on any atom is 0.264 e. The van der Waals surface area contributed by atoms with Gasteiger partial charge in [0, 0.05) is 24.0 Å². The molecule has 5 nitrogen and oxygen atoms in total. The molecule has 4 rings (SSSR count). The van der Waals surface area contributed by atoms with Gasteiger partial charge in [-0.3, -0.25) is 4.79 Å². The van der Waals surface area contributed by atoms with Crippen LogP contribution in [0.4, 0.5) is 0 Å². The van der Waals surface area contributed by atoms with Crippen LogP contribution in [0.25, 0.3) is 10.4 Å². The summed E-state index contributed by atoms with van der Waals surface area (Å²) in [7, 11) is -3.05. The van der Waals surface area contributed by atoms with Gasteiger partial charge < -0.3 is 9.80 Å². The maximum absolute atomic E-state index is 13.6. The van der Waals surface area contributed by atoms with Crippen molar-refractivity contribution in [3.63, 3.8) is 0 Å². The number of benzene rings is 1. The molecule has 1 atom stereocenters. The average Bonchev–Trinajstić information content (AvgIpc) is 3.34. The van der Waals surface area contributed by atoms with Crippen molar-refractivity contribution in [2.75, 3.05) is 37.7 Å². The summed E-state index contributed by atoms with van der Waals surface area (Å²) in [6, 6.07) is 10.3. The Morgan fingerprint density at radius 3 is 2.53 bits per heavy atom. The Hall–Kier alpha value is -1.70. The molecule has 1 aliphatic carbocycles. The fourth-order valence-electron chi connectivity index (χ4n) is 4.58. The van der Waals surface area contributed by atoms with E-state index in [1.807, 2.05) is 11.0 Å². The van der Waals surface area contributed by atoms with Crippen LogP contribution in [0.3, 0.4) is 0 Å². The average molecular weight is 447 g/mol. The van der Waals surface area contributed by atoms with Crippen LogP contribution < -0.4 is 0 Å². The van der Waals surface area contributed by atoms with E-state index in [0.29, 0.717) is 13.0 Å². The molecule has 1 aliphatic heterocycles. The van der Waals surface area contributed by atoms with Crippen LogP contribution in [0, 0.1) is 0 Å². The maximum atomic E-state index is 13.6. The first-order chi connectivity index (χ1) is 14.4. The smallest absolute Gasteiger partial charge is 0.264 e. The SMILES string of the molecule is CCN(CC)CCN(C(=O)c1cc2c(s1)-c1ccccc1CC2)C1CCS(=O)(=O)C1. The molecule has 1 fully saturated rings. The normalized spacial score (nSPS) is 19.5. The summed E-state index contributed by atoms with van der Waals surface area (Å²) in [4.78, 5) is 19.6. The van der Waals surface area contributed by atoms with Crippen LogP contribution in [-0.2, 0) is 22.7 Å². The van der Waals surface area contributed by atoms with Crippen LogP contribution >= 0.6 is 11.3 Å². The third-order valence-corrected chi connectivity index (χ3v) is 9.36. The third-order valence-electron chi connectivity index (χ3n) is 6.41. The molecule has 0 spiro atoms. The molecule has 1 saturated heterocycles. The second-order valence-electron chi connectivity index (χ2n) is 8.20. The number of thiophene rings is 1. The van der Waals surface area contributed by atoms with Crippen LogP contribution in [0.2, 0.25) is 0 Å². The highest BCUT2D eigenvalue weighted by molar-refractivity contribution is 7.91. The highest BCUT2D eigenvalue weighted by Crippen LogP contribution is 2.40. The Bertz CT molecular complexity index is 1020. The van der Waals surface area contributed by atoms with Crippen molar-refractivity contribution in [2.24, 2.45) is 0 Å². The highest BCUT2D eigenvalue weighted by atomic mass is 32.2. The zero-order chi connectivity index (χ0) is 21.3. The van der Waals surface area contributed by atoms with E-state index in [1.165, 1.54) is 21.6 Å². The van der Waals surface area contributed by atoms with Crippen molar-refractivity contribution >= 4 is 27.1 Å². The van der Waals surface area contributed by atoms with E-state index < -0.39 is 9.84 Å². The van der Waals surface area contributed by atoms with E-state index in [2.05, 4.69) is 43.0 Å². The monoisotopic (exact) mass is 446 g/mol. The largest absolute Gasteiger partial charge is 0.333 e. The minimum absolute atomic E-state index is 0.0128. The second kappa shape index (κ2) is 8.81. The first-order valence-corrected chi connectivity index (χ1v) is 13.5. The van der Waals surface area contributed by atoms with E-state index in [4.69, 9.17) is 0 Å². The lowest BCUT2D eigenvalue weighted by molar-refractivity contribution is 0.0679. The number of fused-ring (bicyclic) bond motifs is 3. The number of amides is 1. The molecule has 2 aliphatic rings. The van der Waals surface area contributed by atoms with E-state index in [1.54, 1.807) is 11.3 Å². The number of sulfone groups is 1. The van der Waals surface area contributed by atoms with E-state index >= 15 is 0 Å². The molecule has 1 unspecified atom stereocenters. The summed E-state index contributed by atoms with van der Waals surface area (Å²) >= 11 is 1.56. The van der Waals surface area contributed by atoms with Gasteiger partial charge in [0.15, 0.2) is 9.84 Å². The number of aryl methyl sites for hydroxylation is 2. The molecule has 30 heavy (non-hydrogen) atoms. The van der Waals surface area contributed by atoms with Crippen molar-refractivity contribution < 1.29 is 13.2 Å². The van der Waals surface area contributed by atoms with Crippen molar-refractivity contribution in [3.05, 3.63) is 46.3 Å². The second-order valence-corrected chi connectivity index (χ2v) is 11.5. The number of hydrogen-bond acceptors (Lipinski definition) is 5. The standard InChI is InChI=1S/C23H30N2O3S2/c1-3-24(4-2)12-13-25(19-11-14-30(27,28)16-19)23(26)21-15-18-10-9-17-7-5-6-8-20(17)22(18)29-21/h5-8,15,19H,3-4,9-14,16H2,1-2H3. The topological polar surface area (TPSA) is 57.7 Å². The Labute approximate surface area is 183 Å². The molecular formula is C23H30N2O3S2. The van der Waals surface area contributed by atoms with Gasteiger partial charge in [-0.2, -0.15) is 0 Å². The van der Waals surface area contributed by atoms with Crippen molar-refractivity contribution in [2.45, 2.75) is 39.2 Å². The molecule has 7 heteroatoms. The summed E-state index contributed by atoms with van der Waals surface area (Å²) in [5.74, 6) is 0.257. The van der Waals surface area contributed by atoms with Gasteiger partial charge in [-0.05, 0) is 55.1 Å². The van der Waals surface area contributed by atoms with Crippen LogP contribution in [0.5, 0.6) is 0 Å². The van der Waals surface area contributed by atoms with E-state index in [-0.39, 0.29) is 23.5 Å². The fourth-order valence-corrected chi connectivity index (χ4v) is 7.54. The molecule has 0 bridgehead atoms. The molecule has 1 aromatic carbocycles. The van der Waals surface area contributed by atoms with Gasteiger partial charge in [0.05, 0.1) is 16.4 Å². The van der Waals surface area contributed by atoms with Gasteiger partial charge in [-0.25, -0.2) is 8.42 Å². The number of nitrogens with zero attached hydrogens (tertiary/aromatic N) is 2. The van der Waals surface area contributed by atoms with Gasteiger partial charge in [-0.15, -0.1) is 11.3 Å². The predicted octanol–water partition coefficient (Wildman–Crippen LogP) is 3.48. The first kappa shape index (κ1) is 21.5. The van der Waals surface area contributed by atoms with Crippen LogP contribution in [0.1, 0.15) is 41.1 Å². The zero-order valence-corrected chi connectivity index (χ0v) is 19.4. The number of carbonyl (C=O) groups is 1. The molecule has 1 amide bonds. The third kappa shape index (κ3) is 4.34. The Morgan fingerprint density at radius 2 is 1.83 bits per heavy atom. The zero-order valence-electron chi connectivity index (χ0n) is 17.8. The lowest BCUT2D eigenvalue weighted by Crippen LogP contribution is -2.45. The van der Waals surface area contributed by atoms with Crippen LogP contribution in [-0.4, -0.2) is 67.9 Å². The number of carbonyl (C=O) groups excluding carboxylic acids is 1. The summed E-state index contributed by atoms with van der Waals surface area (Å²) in [5, 5.41) is 0. The number of hydrogen-bond donors (Lipinski definition) is 0. The highest BCUT2D eigenvalue weighted by Gasteiger charge is 2.36. The predicted molar refractivity (Wildman–Crippen MR) is 123 cm³/mol. The van der Waals surface area contributed by atoms with Gasteiger partial charge >= 0.3 is 0 Å². The lowest BCUT2D eigenvalue weighted by Gasteiger charge is -2.30. The van der Waals surface area contributed by atoms with Gasteiger partial charge in [0.1, 0.15) is 0 Å². The van der Waals surface area contributed by atoms with Crippen LogP contribution in [0.15, 0.2) is 30.3 Å². The fraction of sp³-hybridized carbons (Fsp3) is 0.522. The minimum Gasteiger partial charge on any atom is -0.333 e. The Kier molecular flexibility index (Phi) is 6.32. The summed E-state index contributed by atoms with van der Waals surface area (Å²) in [6.07, 6.45) is 2.49. The van der Waals surface area contributed by atoms with Crippen molar-refractivity contribution in [1.82, 2.24) is 9.80 Å². The van der Waals surface area contributed by atoms with Gasteiger partial charge in [0.2, 0.25) is 0 Å². The number of likely N-dealkylation sites (N-methyl/N-ethyl adjacent to an activating group) is 1. The molecular weight excluding hydrogens is 416 g/mol. The molecule has 2 heterocycles. The van der Waals surface area contributed by atoms with E-state index in [9.17, 15) is 13.2 Å². The first-order valence-electron chi connectivity index (χ1n) is 10.9. The van der Waals surface area contributed by atoms with Gasteiger partial charge in [-0.1, -0.05) is 38.1 Å². The number of rotatable bonds is 7. The van der Waals surface area contributed by atoms with Gasteiger partial charge in [0.25, 0.3) is 5.91 Å². The van der Waals surface area contributed by atoms with Crippen molar-refractivity contribution in [1.29, 1.82) is 0 Å². The summed E-state index contributed by atoms with van der Waals surface area (Å²) < 4.78 is 24.2. The molecule has 0 N–H and O–H groups in total. The van der Waals surface area contributed by atoms with E-state index in [0.717, 1.165) is 37.4 Å². The summed E-state index contributed by atoms with van der Waals surface area (Å²) in [5.41, 5.74) is 3.82. The Morgan fingerprint density at radius 1 is 1.10 bits per heavy atom. The molecule has 2 aromatic rings. The molecule has 162 valence electrons. The van der Waals surface area contributed by atoms with Crippen molar-refractivity contribution in [3.8, 4) is 10.4 Å². The minimum atomic E-state index is -3.05. The summed E-state index contributed by atoms with van der Waals surface area (Å²) in [6.45, 7) is 7.40. The molecule has 0 radical (unpaired) electrons. The molecule has 0 saturated carbocycles. The molecule has 1 aromatic heterocycles.